The lowest BCUT2D eigenvalue weighted by Crippen LogP contribution is -2.29. The minimum atomic E-state index is -1.96. The molecule has 0 heterocycles. The predicted molar refractivity (Wildman–Crippen MR) is 66.1 cm³/mol. The summed E-state index contributed by atoms with van der Waals surface area (Å²) in [6, 6.07) is 3.36. The summed E-state index contributed by atoms with van der Waals surface area (Å²) in [5.41, 5.74) is -0.758. The summed E-state index contributed by atoms with van der Waals surface area (Å²) in [6.07, 6.45) is -3.79. The molecule has 0 aromatic heterocycles. The highest BCUT2D eigenvalue weighted by Gasteiger charge is 2.32. The maximum atomic E-state index is 11.2. The van der Waals surface area contributed by atoms with Crippen molar-refractivity contribution in [1.29, 1.82) is 0 Å². The summed E-state index contributed by atoms with van der Waals surface area (Å²) in [5, 5.41) is 30.3. The molecule has 0 saturated heterocycles. The number of esters is 1. The number of carbonyl (C=O) groups is 2. The first-order valence-electron chi connectivity index (χ1n) is 5.52. The molecular weight excluding hydrogens is 270 g/mol. The maximum absolute atomic E-state index is 11.2. The summed E-state index contributed by atoms with van der Waals surface area (Å²) in [5.74, 6) is -1.51. The van der Waals surface area contributed by atoms with Gasteiger partial charge in [0.15, 0.2) is 11.9 Å². The topological polar surface area (TPSA) is 127 Å². The van der Waals surface area contributed by atoms with E-state index in [1.165, 1.54) is 13.0 Å². The van der Waals surface area contributed by atoms with Gasteiger partial charge in [-0.1, -0.05) is 6.07 Å². The van der Waals surface area contributed by atoms with Crippen molar-refractivity contribution in [1.82, 2.24) is 0 Å². The van der Waals surface area contributed by atoms with Gasteiger partial charge < -0.3 is 14.9 Å². The fourth-order valence-corrected chi connectivity index (χ4v) is 1.59. The van der Waals surface area contributed by atoms with Crippen LogP contribution in [0.15, 0.2) is 18.2 Å². The van der Waals surface area contributed by atoms with Gasteiger partial charge in [-0.25, -0.2) is 4.79 Å². The molecule has 0 saturated carbocycles. The molecule has 2 N–H and O–H groups in total. The number of methoxy groups -OCH3 is 1. The number of benzene rings is 1. The third-order valence-corrected chi connectivity index (χ3v) is 2.69. The zero-order valence-corrected chi connectivity index (χ0v) is 10.8. The van der Waals surface area contributed by atoms with Crippen LogP contribution in [-0.2, 0) is 9.53 Å². The van der Waals surface area contributed by atoms with Crippen molar-refractivity contribution in [3.8, 4) is 0 Å². The fraction of sp³-hybridized carbons (Fsp3) is 0.333. The monoisotopic (exact) mass is 283 g/mol. The van der Waals surface area contributed by atoms with E-state index >= 15 is 0 Å². The van der Waals surface area contributed by atoms with Crippen molar-refractivity contribution in [3.63, 3.8) is 0 Å². The van der Waals surface area contributed by atoms with Crippen LogP contribution in [0.5, 0.6) is 0 Å². The third-order valence-electron chi connectivity index (χ3n) is 2.69. The molecule has 1 aromatic carbocycles. The van der Waals surface area contributed by atoms with Crippen LogP contribution in [0, 0.1) is 10.1 Å². The van der Waals surface area contributed by atoms with Crippen molar-refractivity contribution in [2.24, 2.45) is 0 Å². The first-order chi connectivity index (χ1) is 9.29. The van der Waals surface area contributed by atoms with E-state index in [4.69, 9.17) is 0 Å². The Morgan fingerprint density at radius 3 is 2.40 bits per heavy atom. The lowest BCUT2D eigenvalue weighted by molar-refractivity contribution is -0.386. The van der Waals surface area contributed by atoms with E-state index < -0.39 is 28.8 Å². The molecule has 0 fully saturated rings. The van der Waals surface area contributed by atoms with Gasteiger partial charge in [-0.2, -0.15) is 0 Å². The van der Waals surface area contributed by atoms with E-state index in [2.05, 4.69) is 4.74 Å². The quantitative estimate of drug-likeness (QED) is 0.345. The number of ether oxygens (including phenoxy) is 1. The Morgan fingerprint density at radius 1 is 1.35 bits per heavy atom. The van der Waals surface area contributed by atoms with Crippen LogP contribution in [0.25, 0.3) is 0 Å². The summed E-state index contributed by atoms with van der Waals surface area (Å²) >= 11 is 0. The minimum Gasteiger partial charge on any atom is -0.467 e. The van der Waals surface area contributed by atoms with E-state index in [0.717, 1.165) is 19.2 Å². The van der Waals surface area contributed by atoms with Gasteiger partial charge in [0.1, 0.15) is 6.10 Å². The maximum Gasteiger partial charge on any atom is 0.337 e. The Morgan fingerprint density at radius 2 is 1.95 bits per heavy atom. The second kappa shape index (κ2) is 6.22. The number of rotatable bonds is 5. The number of nitro groups is 1. The lowest BCUT2D eigenvalue weighted by atomic mass is 9.99. The van der Waals surface area contributed by atoms with Crippen LogP contribution in [0.3, 0.4) is 0 Å². The van der Waals surface area contributed by atoms with E-state index in [1.807, 2.05) is 0 Å². The first-order valence-corrected chi connectivity index (χ1v) is 5.52. The van der Waals surface area contributed by atoms with Crippen LogP contribution in [0.1, 0.15) is 28.9 Å². The smallest absolute Gasteiger partial charge is 0.337 e. The molecule has 0 bridgehead atoms. The van der Waals surface area contributed by atoms with Crippen molar-refractivity contribution >= 4 is 17.4 Å². The van der Waals surface area contributed by atoms with Crippen molar-refractivity contribution < 1.29 is 29.5 Å². The molecule has 20 heavy (non-hydrogen) atoms. The van der Waals surface area contributed by atoms with Gasteiger partial charge in [-0.3, -0.25) is 14.9 Å². The number of hydrogen-bond donors (Lipinski definition) is 2. The Hall–Kier alpha value is -2.32. The van der Waals surface area contributed by atoms with Crippen LogP contribution in [-0.4, -0.2) is 40.1 Å². The molecule has 1 rings (SSSR count). The molecule has 0 radical (unpaired) electrons. The molecule has 8 nitrogen and oxygen atoms in total. The summed E-state index contributed by atoms with van der Waals surface area (Å²) in [6.45, 7) is 1.23. The zero-order valence-electron chi connectivity index (χ0n) is 10.8. The van der Waals surface area contributed by atoms with Crippen molar-refractivity contribution in [2.45, 2.75) is 19.1 Å². The first kappa shape index (κ1) is 15.7. The Kier molecular flexibility index (Phi) is 4.89. The number of aliphatic hydroxyl groups excluding tert-OH is 2. The van der Waals surface area contributed by atoms with E-state index in [0.29, 0.717) is 0 Å². The summed E-state index contributed by atoms with van der Waals surface area (Å²) in [7, 11) is 1.01. The average Bonchev–Trinajstić information content (AvgIpc) is 2.43. The van der Waals surface area contributed by atoms with Crippen LogP contribution < -0.4 is 0 Å². The number of hydrogen-bond acceptors (Lipinski definition) is 7. The van der Waals surface area contributed by atoms with E-state index in [1.54, 1.807) is 0 Å². The molecule has 0 aliphatic carbocycles. The molecule has 0 amide bonds. The standard InChI is InChI=1S/C12H13NO7/c1-6(14)7-3-4-8(9(5-7)13(18)19)10(15)11(16)12(17)20-2/h3-5,10-11,15-16H,1-2H3. The van der Waals surface area contributed by atoms with Crippen LogP contribution in [0.2, 0.25) is 0 Å². The van der Waals surface area contributed by atoms with Gasteiger partial charge in [0.05, 0.1) is 17.6 Å². The second-order valence-electron chi connectivity index (χ2n) is 4.00. The number of carbonyl (C=O) groups excluding carboxylic acids is 2. The third kappa shape index (κ3) is 3.16. The minimum absolute atomic E-state index is 0.0835. The summed E-state index contributed by atoms with van der Waals surface area (Å²) < 4.78 is 4.24. The van der Waals surface area contributed by atoms with E-state index in [-0.39, 0.29) is 16.9 Å². The van der Waals surface area contributed by atoms with Gasteiger partial charge in [0.25, 0.3) is 5.69 Å². The molecule has 108 valence electrons. The zero-order chi connectivity index (χ0) is 15.4. The highest BCUT2D eigenvalue weighted by atomic mass is 16.6. The Bertz CT molecular complexity index is 555. The molecule has 2 unspecified atom stereocenters. The average molecular weight is 283 g/mol. The molecular formula is C12H13NO7. The number of nitrogens with zero attached hydrogens (tertiary/aromatic N) is 1. The molecule has 0 aliphatic rings. The van der Waals surface area contributed by atoms with E-state index in [9.17, 15) is 29.9 Å². The number of ketones is 1. The SMILES string of the molecule is COC(=O)C(O)C(O)c1ccc(C(C)=O)cc1[N+](=O)[O-]. The van der Waals surface area contributed by atoms with Gasteiger partial charge in [-0.05, 0) is 13.0 Å². The molecule has 2 atom stereocenters. The van der Waals surface area contributed by atoms with Crippen molar-refractivity contribution in [3.05, 3.63) is 39.4 Å². The molecule has 8 heteroatoms. The number of aliphatic hydroxyl groups is 2. The molecule has 0 aliphatic heterocycles. The number of nitro benzene ring substituents is 1. The largest absolute Gasteiger partial charge is 0.467 e. The van der Waals surface area contributed by atoms with Gasteiger partial charge in [0, 0.05) is 11.6 Å². The van der Waals surface area contributed by atoms with Crippen LogP contribution in [0.4, 0.5) is 5.69 Å². The second-order valence-corrected chi connectivity index (χ2v) is 4.00. The molecule has 1 aromatic rings. The fourth-order valence-electron chi connectivity index (χ4n) is 1.59. The predicted octanol–water partition coefficient (Wildman–Crippen LogP) is 0.365. The Labute approximate surface area is 113 Å². The van der Waals surface area contributed by atoms with Gasteiger partial charge in [-0.15, -0.1) is 0 Å². The van der Waals surface area contributed by atoms with Crippen molar-refractivity contribution in [2.75, 3.05) is 7.11 Å². The van der Waals surface area contributed by atoms with Gasteiger partial charge >= 0.3 is 5.97 Å². The molecule has 0 spiro atoms. The number of Topliss-reactive ketones (excluding diaryl/α,β-unsaturated/α-hetero) is 1. The summed E-state index contributed by atoms with van der Waals surface area (Å²) in [4.78, 5) is 32.4. The van der Waals surface area contributed by atoms with Crippen LogP contribution >= 0.6 is 0 Å². The highest BCUT2D eigenvalue weighted by Crippen LogP contribution is 2.29. The Balaban J connectivity index is 3.27. The normalized spacial score (nSPS) is 13.4. The van der Waals surface area contributed by atoms with Gasteiger partial charge in [0.2, 0.25) is 0 Å². The highest BCUT2D eigenvalue weighted by molar-refractivity contribution is 5.94. The lowest BCUT2D eigenvalue weighted by Gasteiger charge is -2.16.